The van der Waals surface area contributed by atoms with Crippen molar-refractivity contribution < 1.29 is 4.79 Å². The van der Waals surface area contributed by atoms with E-state index in [-0.39, 0.29) is 5.91 Å². The Morgan fingerprint density at radius 1 is 1.32 bits per heavy atom. The van der Waals surface area contributed by atoms with Crippen LogP contribution in [0.3, 0.4) is 0 Å². The molecule has 104 valence electrons. The maximum Gasteiger partial charge on any atom is 0.253 e. The Morgan fingerprint density at radius 3 is 2.68 bits per heavy atom. The molecule has 0 N–H and O–H groups in total. The van der Waals surface area contributed by atoms with Crippen LogP contribution < -0.4 is 0 Å². The molecule has 0 spiro atoms. The highest BCUT2D eigenvalue weighted by Gasteiger charge is 2.20. The van der Waals surface area contributed by atoms with Crippen molar-refractivity contribution in [1.82, 2.24) is 4.90 Å². The molecule has 0 radical (unpaired) electrons. The second kappa shape index (κ2) is 7.20. The first-order valence-electron chi connectivity index (χ1n) is 6.71. The molecule has 0 saturated carbocycles. The molecule has 1 saturated heterocycles. The Balaban J connectivity index is 2.01. The molecule has 1 heterocycles. The molecule has 1 atom stereocenters. The topological polar surface area (TPSA) is 20.3 Å². The van der Waals surface area contributed by atoms with Crippen LogP contribution in [0.4, 0.5) is 0 Å². The number of carbonyl (C=O) groups is 1. The molecule has 2 rings (SSSR count). The molecular weight excluding hydrogens is 278 g/mol. The molecular formula is C15H20ClNOS. The first-order chi connectivity index (χ1) is 9.24. The van der Waals surface area contributed by atoms with Crippen LogP contribution in [-0.2, 0) is 5.88 Å². The van der Waals surface area contributed by atoms with Gasteiger partial charge in [0, 0.05) is 29.8 Å². The number of thioether (sulfide) groups is 1. The van der Waals surface area contributed by atoms with Gasteiger partial charge in [0.2, 0.25) is 0 Å². The van der Waals surface area contributed by atoms with E-state index in [1.807, 2.05) is 40.9 Å². The summed E-state index contributed by atoms with van der Waals surface area (Å²) in [4.78, 5) is 14.4. The lowest BCUT2D eigenvalue weighted by Crippen LogP contribution is -2.32. The maximum atomic E-state index is 12.4. The molecule has 1 aliphatic heterocycles. The average molecular weight is 298 g/mol. The molecule has 1 unspecified atom stereocenters. The van der Waals surface area contributed by atoms with Crippen LogP contribution in [-0.4, -0.2) is 35.4 Å². The Bertz CT molecular complexity index is 421. The predicted molar refractivity (Wildman–Crippen MR) is 83.1 cm³/mol. The highest BCUT2D eigenvalue weighted by molar-refractivity contribution is 7.99. The fourth-order valence-corrected chi connectivity index (χ4v) is 3.35. The zero-order chi connectivity index (χ0) is 13.7. The number of rotatable bonds is 3. The second-order valence-electron chi connectivity index (χ2n) is 4.91. The summed E-state index contributed by atoms with van der Waals surface area (Å²) in [5.74, 6) is 0.649. The minimum Gasteiger partial charge on any atom is -0.339 e. The van der Waals surface area contributed by atoms with E-state index in [2.05, 4.69) is 6.26 Å². The highest BCUT2D eigenvalue weighted by atomic mass is 35.5. The highest BCUT2D eigenvalue weighted by Crippen LogP contribution is 2.22. The maximum absolute atomic E-state index is 12.4. The van der Waals surface area contributed by atoms with Gasteiger partial charge in [-0.25, -0.2) is 0 Å². The summed E-state index contributed by atoms with van der Waals surface area (Å²) in [6, 6.07) is 7.64. The third-order valence-corrected chi connectivity index (χ3v) is 5.10. The van der Waals surface area contributed by atoms with Gasteiger partial charge in [0.1, 0.15) is 0 Å². The van der Waals surface area contributed by atoms with Gasteiger partial charge in [-0.2, -0.15) is 11.8 Å². The van der Waals surface area contributed by atoms with Gasteiger partial charge in [-0.15, -0.1) is 11.6 Å². The van der Waals surface area contributed by atoms with Crippen molar-refractivity contribution in [3.63, 3.8) is 0 Å². The van der Waals surface area contributed by atoms with Gasteiger partial charge in [-0.1, -0.05) is 12.1 Å². The number of nitrogens with zero attached hydrogens (tertiary/aromatic N) is 1. The number of halogens is 1. The van der Waals surface area contributed by atoms with Crippen molar-refractivity contribution in [3.8, 4) is 0 Å². The van der Waals surface area contributed by atoms with Gasteiger partial charge in [0.25, 0.3) is 5.91 Å². The van der Waals surface area contributed by atoms with E-state index in [0.29, 0.717) is 11.1 Å². The molecule has 0 aliphatic carbocycles. The summed E-state index contributed by atoms with van der Waals surface area (Å²) in [6.07, 6.45) is 5.59. The third-order valence-electron chi connectivity index (χ3n) is 3.65. The molecule has 1 aromatic carbocycles. The van der Waals surface area contributed by atoms with Crippen molar-refractivity contribution >= 4 is 29.3 Å². The fourth-order valence-electron chi connectivity index (χ4n) is 2.42. The van der Waals surface area contributed by atoms with Crippen LogP contribution in [0.25, 0.3) is 0 Å². The van der Waals surface area contributed by atoms with Crippen molar-refractivity contribution in [3.05, 3.63) is 35.4 Å². The van der Waals surface area contributed by atoms with E-state index in [9.17, 15) is 4.79 Å². The zero-order valence-corrected chi connectivity index (χ0v) is 12.8. The molecule has 4 heteroatoms. The van der Waals surface area contributed by atoms with Crippen LogP contribution in [0.1, 0.15) is 35.2 Å². The van der Waals surface area contributed by atoms with E-state index in [4.69, 9.17) is 11.6 Å². The summed E-state index contributed by atoms with van der Waals surface area (Å²) >= 11 is 7.68. The molecule has 19 heavy (non-hydrogen) atoms. The summed E-state index contributed by atoms with van der Waals surface area (Å²) < 4.78 is 0. The minimum atomic E-state index is 0.155. The van der Waals surface area contributed by atoms with Crippen molar-refractivity contribution in [2.24, 2.45) is 0 Å². The minimum absolute atomic E-state index is 0.155. The van der Waals surface area contributed by atoms with Crippen LogP contribution in [0.15, 0.2) is 24.3 Å². The monoisotopic (exact) mass is 297 g/mol. The van der Waals surface area contributed by atoms with Gasteiger partial charge < -0.3 is 4.90 Å². The van der Waals surface area contributed by atoms with E-state index < -0.39 is 0 Å². The van der Waals surface area contributed by atoms with Crippen LogP contribution >= 0.6 is 23.4 Å². The van der Waals surface area contributed by atoms with Gasteiger partial charge in [0.05, 0.1) is 0 Å². The van der Waals surface area contributed by atoms with Crippen LogP contribution in [0.2, 0.25) is 0 Å². The quantitative estimate of drug-likeness (QED) is 0.791. The number of alkyl halides is 1. The number of benzene rings is 1. The first-order valence-corrected chi connectivity index (χ1v) is 8.54. The van der Waals surface area contributed by atoms with Crippen molar-refractivity contribution in [2.75, 3.05) is 19.3 Å². The lowest BCUT2D eigenvalue weighted by atomic mass is 10.1. The lowest BCUT2D eigenvalue weighted by Gasteiger charge is -2.20. The first kappa shape index (κ1) is 14.7. The number of hydrogen-bond donors (Lipinski definition) is 0. The van der Waals surface area contributed by atoms with Crippen LogP contribution in [0, 0.1) is 0 Å². The Hall–Kier alpha value is -0.670. The summed E-state index contributed by atoms with van der Waals surface area (Å²) in [5.41, 5.74) is 1.83. The van der Waals surface area contributed by atoms with E-state index >= 15 is 0 Å². The van der Waals surface area contributed by atoms with Gasteiger partial charge in [0.15, 0.2) is 0 Å². The number of likely N-dealkylation sites (tertiary alicyclic amines) is 1. The Labute approximate surface area is 124 Å². The summed E-state index contributed by atoms with van der Waals surface area (Å²) in [7, 11) is 0. The zero-order valence-electron chi connectivity index (χ0n) is 11.3. The average Bonchev–Trinajstić information content (AvgIpc) is 2.72. The van der Waals surface area contributed by atoms with Gasteiger partial charge in [-0.05, 0) is 43.2 Å². The number of hydrogen-bond acceptors (Lipinski definition) is 2. The molecule has 1 fully saturated rings. The largest absolute Gasteiger partial charge is 0.339 e. The molecule has 0 bridgehead atoms. The number of amides is 1. The molecule has 1 aliphatic rings. The van der Waals surface area contributed by atoms with Crippen molar-refractivity contribution in [1.29, 1.82) is 0 Å². The van der Waals surface area contributed by atoms with Gasteiger partial charge >= 0.3 is 0 Å². The third kappa shape index (κ3) is 3.90. The summed E-state index contributed by atoms with van der Waals surface area (Å²) in [5, 5.41) is 0.705. The molecule has 2 nitrogen and oxygen atoms in total. The van der Waals surface area contributed by atoms with E-state index in [0.717, 1.165) is 37.1 Å². The molecule has 1 aromatic rings. The van der Waals surface area contributed by atoms with Crippen LogP contribution in [0.5, 0.6) is 0 Å². The Morgan fingerprint density at radius 2 is 2.05 bits per heavy atom. The predicted octanol–water partition coefficient (Wildman–Crippen LogP) is 3.78. The van der Waals surface area contributed by atoms with E-state index in [1.165, 1.54) is 6.42 Å². The molecule has 1 amide bonds. The number of carbonyl (C=O) groups excluding carboxylic acids is 1. The van der Waals surface area contributed by atoms with Gasteiger partial charge in [-0.3, -0.25) is 4.79 Å². The Kier molecular flexibility index (Phi) is 5.59. The second-order valence-corrected chi connectivity index (χ2v) is 6.32. The molecule has 0 aromatic heterocycles. The van der Waals surface area contributed by atoms with E-state index in [1.54, 1.807) is 0 Å². The fraction of sp³-hybridized carbons (Fsp3) is 0.533. The lowest BCUT2D eigenvalue weighted by molar-refractivity contribution is 0.0762. The SMILES string of the molecule is CSC1CCCN(C(=O)c2ccc(CCl)cc2)CC1. The van der Waals surface area contributed by atoms with Crippen molar-refractivity contribution in [2.45, 2.75) is 30.4 Å². The smallest absolute Gasteiger partial charge is 0.253 e. The normalized spacial score (nSPS) is 20.1. The standard InChI is InChI=1S/C15H20ClNOS/c1-19-14-3-2-9-17(10-8-14)15(18)13-6-4-12(11-16)5-7-13/h4-7,14H,2-3,8-11H2,1H3. The summed E-state index contributed by atoms with van der Waals surface area (Å²) in [6.45, 7) is 1.76.